The number of esters is 1. The number of hydrogen-bond acceptors (Lipinski definition) is 3. The number of aliphatic hydroxyl groups is 1. The lowest BCUT2D eigenvalue weighted by molar-refractivity contribution is -0.138. The number of carbonyl (C=O) groups excluding carboxylic acids is 1. The number of allylic oxidation sites excluding steroid dienone is 4. The van der Waals surface area contributed by atoms with Crippen molar-refractivity contribution < 1.29 is 14.6 Å². The van der Waals surface area contributed by atoms with Crippen molar-refractivity contribution in [2.75, 3.05) is 6.61 Å². The van der Waals surface area contributed by atoms with Gasteiger partial charge in [0.2, 0.25) is 0 Å². The number of rotatable bonds is 6. The van der Waals surface area contributed by atoms with Crippen molar-refractivity contribution in [3.05, 3.63) is 59.4 Å². The van der Waals surface area contributed by atoms with E-state index in [1.807, 2.05) is 13.8 Å². The summed E-state index contributed by atoms with van der Waals surface area (Å²) >= 11 is 0. The molecule has 3 nitrogen and oxygen atoms in total. The van der Waals surface area contributed by atoms with Gasteiger partial charge in [0.25, 0.3) is 0 Å². The quantitative estimate of drug-likeness (QED) is 0.340. The maximum Gasteiger partial charge on any atom is 0.342 e. The molecule has 0 amide bonds. The van der Waals surface area contributed by atoms with Gasteiger partial charge in [-0.3, -0.25) is 0 Å². The third-order valence-electron chi connectivity index (χ3n) is 2.34. The molecule has 0 fully saturated rings. The second kappa shape index (κ2) is 8.14. The van der Waals surface area contributed by atoms with Crippen LogP contribution in [-0.4, -0.2) is 17.7 Å². The maximum absolute atomic E-state index is 11.9. The first kappa shape index (κ1) is 17.0. The molecule has 0 spiro atoms. The van der Waals surface area contributed by atoms with E-state index in [0.29, 0.717) is 11.1 Å². The lowest BCUT2D eigenvalue weighted by Crippen LogP contribution is -2.12. The van der Waals surface area contributed by atoms with E-state index in [0.717, 1.165) is 5.57 Å². The van der Waals surface area contributed by atoms with Crippen molar-refractivity contribution in [2.45, 2.75) is 27.7 Å². The standard InChI is InChI=1S/C16H22O3/c1-7-9-10-13(11(3)4)15(17)14(12(5)6)16(18)19-8-2/h7,9-10,17H,1,5,8H2,2-4,6H3/b10-9-,15-14-. The molecule has 1 N–H and O–H groups in total. The number of hydrogen-bond donors (Lipinski definition) is 1. The lowest BCUT2D eigenvalue weighted by atomic mass is 10.00. The van der Waals surface area contributed by atoms with Crippen LogP contribution in [0.4, 0.5) is 0 Å². The van der Waals surface area contributed by atoms with Crippen molar-refractivity contribution in [3.8, 4) is 0 Å². The Hall–Kier alpha value is -2.03. The molecular weight excluding hydrogens is 240 g/mol. The molecule has 0 aromatic heterocycles. The molecular formula is C16H22O3. The van der Waals surface area contributed by atoms with E-state index in [1.165, 1.54) is 0 Å². The van der Waals surface area contributed by atoms with E-state index in [9.17, 15) is 9.90 Å². The van der Waals surface area contributed by atoms with E-state index in [2.05, 4.69) is 13.2 Å². The van der Waals surface area contributed by atoms with E-state index in [1.54, 1.807) is 32.1 Å². The van der Waals surface area contributed by atoms with Crippen LogP contribution in [0, 0.1) is 0 Å². The molecule has 0 unspecified atom stereocenters. The van der Waals surface area contributed by atoms with Crippen LogP contribution in [0.25, 0.3) is 0 Å². The van der Waals surface area contributed by atoms with Crippen molar-refractivity contribution in [1.82, 2.24) is 0 Å². The van der Waals surface area contributed by atoms with Gasteiger partial charge >= 0.3 is 5.97 Å². The minimum absolute atomic E-state index is 0.103. The first-order chi connectivity index (χ1) is 8.86. The Morgan fingerprint density at radius 1 is 1.32 bits per heavy atom. The highest BCUT2D eigenvalue weighted by Crippen LogP contribution is 2.23. The summed E-state index contributed by atoms with van der Waals surface area (Å²) in [5, 5.41) is 10.3. The van der Waals surface area contributed by atoms with Crippen LogP contribution in [0.5, 0.6) is 0 Å². The van der Waals surface area contributed by atoms with Gasteiger partial charge in [0, 0.05) is 5.57 Å². The summed E-state index contributed by atoms with van der Waals surface area (Å²) < 4.78 is 4.94. The van der Waals surface area contributed by atoms with E-state index < -0.39 is 5.97 Å². The van der Waals surface area contributed by atoms with Gasteiger partial charge in [-0.2, -0.15) is 0 Å². The second-order valence-corrected chi connectivity index (χ2v) is 4.23. The zero-order chi connectivity index (χ0) is 15.0. The van der Waals surface area contributed by atoms with Gasteiger partial charge in [-0.05, 0) is 33.3 Å². The second-order valence-electron chi connectivity index (χ2n) is 4.23. The van der Waals surface area contributed by atoms with Crippen LogP contribution in [0.2, 0.25) is 0 Å². The SMILES string of the molecule is C=C/C=C\C(=C(C)C)/C(O)=C(\C(=C)C)C(=O)OCC. The van der Waals surface area contributed by atoms with Crippen molar-refractivity contribution in [2.24, 2.45) is 0 Å². The maximum atomic E-state index is 11.9. The predicted octanol–water partition coefficient (Wildman–Crippen LogP) is 4.02. The zero-order valence-corrected chi connectivity index (χ0v) is 12.1. The van der Waals surface area contributed by atoms with Crippen molar-refractivity contribution in [1.29, 1.82) is 0 Å². The molecule has 3 heteroatoms. The van der Waals surface area contributed by atoms with Gasteiger partial charge in [-0.25, -0.2) is 4.79 Å². The summed E-state index contributed by atoms with van der Waals surface area (Å²) in [5.74, 6) is -0.692. The Balaban J connectivity index is 5.87. The van der Waals surface area contributed by atoms with E-state index >= 15 is 0 Å². The first-order valence-corrected chi connectivity index (χ1v) is 6.09. The predicted molar refractivity (Wildman–Crippen MR) is 78.8 cm³/mol. The highest BCUT2D eigenvalue weighted by atomic mass is 16.5. The normalized spacial score (nSPS) is 11.8. The average molecular weight is 262 g/mol. The third-order valence-corrected chi connectivity index (χ3v) is 2.34. The van der Waals surface area contributed by atoms with Crippen LogP contribution in [-0.2, 0) is 9.53 Å². The molecule has 0 rings (SSSR count). The summed E-state index contributed by atoms with van der Waals surface area (Å²) in [4.78, 5) is 11.9. The van der Waals surface area contributed by atoms with Gasteiger partial charge in [0.05, 0.1) is 6.61 Å². The van der Waals surface area contributed by atoms with Gasteiger partial charge in [-0.1, -0.05) is 37.0 Å². The van der Waals surface area contributed by atoms with Crippen LogP contribution in [0.15, 0.2) is 59.4 Å². The summed E-state index contributed by atoms with van der Waals surface area (Å²) in [6, 6.07) is 0. The third kappa shape index (κ3) is 5.00. The average Bonchev–Trinajstić information content (AvgIpc) is 2.28. The minimum atomic E-state index is -0.571. The molecule has 0 heterocycles. The van der Waals surface area contributed by atoms with E-state index in [4.69, 9.17) is 4.74 Å². The Labute approximate surface area is 115 Å². The molecule has 0 radical (unpaired) electrons. The molecule has 19 heavy (non-hydrogen) atoms. The highest BCUT2D eigenvalue weighted by Gasteiger charge is 2.19. The Morgan fingerprint density at radius 2 is 1.89 bits per heavy atom. The first-order valence-electron chi connectivity index (χ1n) is 6.09. The van der Waals surface area contributed by atoms with Gasteiger partial charge in [0.1, 0.15) is 11.3 Å². The summed E-state index contributed by atoms with van der Waals surface area (Å²) in [6.07, 6.45) is 4.99. The fourth-order valence-electron chi connectivity index (χ4n) is 1.46. The zero-order valence-electron chi connectivity index (χ0n) is 12.1. The van der Waals surface area contributed by atoms with Gasteiger partial charge in [-0.15, -0.1) is 0 Å². The summed E-state index contributed by atoms with van der Waals surface area (Å²) in [5.41, 5.74) is 2.00. The van der Waals surface area contributed by atoms with Crippen LogP contribution in [0.3, 0.4) is 0 Å². The molecule has 0 saturated carbocycles. The molecule has 0 atom stereocenters. The fourth-order valence-corrected chi connectivity index (χ4v) is 1.46. The number of carbonyl (C=O) groups is 1. The molecule has 0 aliphatic rings. The lowest BCUT2D eigenvalue weighted by Gasteiger charge is -2.12. The Bertz CT molecular complexity index is 458. The fraction of sp³-hybridized carbons (Fsp3) is 0.312. The van der Waals surface area contributed by atoms with Crippen LogP contribution < -0.4 is 0 Å². The number of aliphatic hydroxyl groups excluding tert-OH is 1. The van der Waals surface area contributed by atoms with Gasteiger partial charge < -0.3 is 9.84 Å². The Morgan fingerprint density at radius 3 is 2.26 bits per heavy atom. The summed E-state index contributed by atoms with van der Waals surface area (Å²) in [6.45, 7) is 14.6. The van der Waals surface area contributed by atoms with Crippen molar-refractivity contribution >= 4 is 5.97 Å². The topological polar surface area (TPSA) is 46.5 Å². The van der Waals surface area contributed by atoms with E-state index in [-0.39, 0.29) is 17.9 Å². The molecule has 0 aliphatic heterocycles. The Kier molecular flexibility index (Phi) is 7.27. The van der Waals surface area contributed by atoms with Crippen molar-refractivity contribution in [3.63, 3.8) is 0 Å². The molecule has 0 aromatic rings. The summed E-state index contributed by atoms with van der Waals surface area (Å²) in [7, 11) is 0. The minimum Gasteiger partial charge on any atom is -0.506 e. The molecule has 0 aromatic carbocycles. The largest absolute Gasteiger partial charge is 0.506 e. The van der Waals surface area contributed by atoms with Gasteiger partial charge in [0.15, 0.2) is 0 Å². The van der Waals surface area contributed by atoms with Crippen LogP contribution >= 0.6 is 0 Å². The molecule has 0 aliphatic carbocycles. The number of ether oxygens (including phenoxy) is 1. The monoisotopic (exact) mass is 262 g/mol. The highest BCUT2D eigenvalue weighted by molar-refractivity contribution is 5.94. The molecule has 0 bridgehead atoms. The molecule has 104 valence electrons. The molecule has 0 saturated heterocycles. The smallest absolute Gasteiger partial charge is 0.342 e. The van der Waals surface area contributed by atoms with Crippen LogP contribution in [0.1, 0.15) is 27.7 Å².